The molecule has 0 radical (unpaired) electrons. The Labute approximate surface area is 125 Å². The van der Waals surface area contributed by atoms with Gasteiger partial charge in [-0.25, -0.2) is 0 Å². The highest BCUT2D eigenvalue weighted by Gasteiger charge is 2.52. The van der Waals surface area contributed by atoms with Crippen molar-refractivity contribution in [3.8, 4) is 0 Å². The molecule has 1 spiro atoms. The van der Waals surface area contributed by atoms with Crippen LogP contribution in [0.4, 0.5) is 0 Å². The molecule has 0 bridgehead atoms. The van der Waals surface area contributed by atoms with Crippen LogP contribution >= 0.6 is 0 Å². The largest absolute Gasteiger partial charge is 0.387 e. The third kappa shape index (κ3) is 2.97. The lowest BCUT2D eigenvalue weighted by molar-refractivity contribution is -0.246. The molecule has 0 aliphatic carbocycles. The molecule has 5 heteroatoms. The van der Waals surface area contributed by atoms with Gasteiger partial charge in [-0.1, -0.05) is 6.07 Å². The van der Waals surface area contributed by atoms with E-state index in [2.05, 4.69) is 16.0 Å². The number of aromatic nitrogens is 1. The van der Waals surface area contributed by atoms with Crippen LogP contribution in [0.25, 0.3) is 0 Å². The van der Waals surface area contributed by atoms with E-state index in [-0.39, 0.29) is 0 Å². The summed E-state index contributed by atoms with van der Waals surface area (Å²) in [6, 6.07) is 4.03. The predicted octanol–water partition coefficient (Wildman–Crippen LogP) is 0.948. The highest BCUT2D eigenvalue weighted by atomic mass is 16.5. The number of pyridine rings is 1. The summed E-state index contributed by atoms with van der Waals surface area (Å²) >= 11 is 0. The number of likely N-dealkylation sites (tertiary alicyclic amines) is 1. The van der Waals surface area contributed by atoms with Crippen LogP contribution in [0.1, 0.15) is 31.7 Å². The zero-order valence-corrected chi connectivity index (χ0v) is 12.5. The lowest BCUT2D eigenvalue weighted by Crippen LogP contribution is -2.64. The molecule has 1 aromatic heterocycles. The van der Waals surface area contributed by atoms with Crippen molar-refractivity contribution in [3.63, 3.8) is 0 Å². The molecule has 21 heavy (non-hydrogen) atoms. The molecule has 2 fully saturated rings. The molecule has 116 valence electrons. The summed E-state index contributed by atoms with van der Waals surface area (Å²) in [7, 11) is 0. The second kappa shape index (κ2) is 5.65. The Hall–Kier alpha value is -1.01. The minimum atomic E-state index is -1.04. The fourth-order valence-corrected chi connectivity index (χ4v) is 3.50. The van der Waals surface area contributed by atoms with E-state index in [0.717, 1.165) is 32.5 Å². The van der Waals surface area contributed by atoms with Crippen LogP contribution in [-0.4, -0.2) is 57.1 Å². The molecule has 0 aromatic carbocycles. The van der Waals surface area contributed by atoms with E-state index >= 15 is 0 Å². The maximum atomic E-state index is 10.5. The van der Waals surface area contributed by atoms with Crippen molar-refractivity contribution in [1.29, 1.82) is 0 Å². The Balaban J connectivity index is 1.62. The number of ether oxygens (including phenoxy) is 1. The summed E-state index contributed by atoms with van der Waals surface area (Å²) in [5.41, 5.74) is -0.415. The van der Waals surface area contributed by atoms with E-state index in [4.69, 9.17) is 4.74 Å². The molecule has 3 rings (SSSR count). The molecular weight excluding hydrogens is 268 g/mol. The van der Waals surface area contributed by atoms with Crippen LogP contribution in [0.2, 0.25) is 0 Å². The summed E-state index contributed by atoms with van der Waals surface area (Å²) in [4.78, 5) is 6.49. The molecule has 2 aliphatic rings. The van der Waals surface area contributed by atoms with Crippen molar-refractivity contribution in [2.24, 2.45) is 0 Å². The predicted molar refractivity (Wildman–Crippen MR) is 78.7 cm³/mol. The zero-order chi connectivity index (χ0) is 14.9. The van der Waals surface area contributed by atoms with Gasteiger partial charge in [0.15, 0.2) is 0 Å². The van der Waals surface area contributed by atoms with Crippen molar-refractivity contribution < 1.29 is 14.9 Å². The van der Waals surface area contributed by atoms with E-state index < -0.39 is 17.3 Å². The molecule has 3 heterocycles. The summed E-state index contributed by atoms with van der Waals surface area (Å²) in [6.45, 7) is 4.83. The van der Waals surface area contributed by atoms with Crippen LogP contribution in [0.5, 0.6) is 0 Å². The average Bonchev–Trinajstić information content (AvgIpc) is 2.48. The molecule has 0 amide bonds. The van der Waals surface area contributed by atoms with Crippen LogP contribution in [0, 0.1) is 0 Å². The van der Waals surface area contributed by atoms with E-state index in [0.29, 0.717) is 13.0 Å². The fourth-order valence-electron chi connectivity index (χ4n) is 3.50. The number of hydrogen-bond acceptors (Lipinski definition) is 5. The summed E-state index contributed by atoms with van der Waals surface area (Å²) in [5, 5.41) is 20.8. The molecule has 2 aliphatic heterocycles. The first kappa shape index (κ1) is 14.9. The normalized spacial score (nSPS) is 33.2. The topological polar surface area (TPSA) is 65.8 Å². The molecule has 0 unspecified atom stereocenters. The molecule has 0 saturated carbocycles. The standard InChI is InChI=1S/C16H24N2O3/c1-15(20)6-10-21-16(14(15)19)4-8-18(9-5-16)12-13-3-2-7-17-11-13/h2-3,7,11,14,19-20H,4-6,8-10,12H2,1H3/t14-,15+/m0/s1. The number of piperidine rings is 1. The summed E-state index contributed by atoms with van der Waals surface area (Å²) < 4.78 is 5.90. The van der Waals surface area contributed by atoms with Crippen molar-refractivity contribution in [3.05, 3.63) is 30.1 Å². The number of hydrogen-bond donors (Lipinski definition) is 2. The van der Waals surface area contributed by atoms with Crippen LogP contribution in [0.3, 0.4) is 0 Å². The van der Waals surface area contributed by atoms with Crippen LogP contribution in [0.15, 0.2) is 24.5 Å². The average molecular weight is 292 g/mol. The van der Waals surface area contributed by atoms with Gasteiger partial charge in [0.25, 0.3) is 0 Å². The second-order valence-electron chi connectivity index (χ2n) is 6.56. The van der Waals surface area contributed by atoms with Crippen molar-refractivity contribution in [1.82, 2.24) is 9.88 Å². The number of rotatable bonds is 2. The number of aliphatic hydroxyl groups excluding tert-OH is 1. The Morgan fingerprint density at radius 3 is 2.81 bits per heavy atom. The van der Waals surface area contributed by atoms with Gasteiger partial charge in [-0.05, 0) is 31.4 Å². The minimum Gasteiger partial charge on any atom is -0.387 e. The third-order valence-electron chi connectivity index (χ3n) is 4.92. The number of aliphatic hydroxyl groups is 2. The van der Waals surface area contributed by atoms with E-state index in [9.17, 15) is 10.2 Å². The Kier molecular flexibility index (Phi) is 4.01. The van der Waals surface area contributed by atoms with Gasteiger partial charge >= 0.3 is 0 Å². The smallest absolute Gasteiger partial charge is 0.111 e. The van der Waals surface area contributed by atoms with Crippen LogP contribution in [-0.2, 0) is 11.3 Å². The maximum Gasteiger partial charge on any atom is 0.111 e. The second-order valence-corrected chi connectivity index (χ2v) is 6.56. The molecule has 1 aromatic rings. The highest BCUT2D eigenvalue weighted by molar-refractivity contribution is 5.09. The zero-order valence-electron chi connectivity index (χ0n) is 12.5. The first-order valence-corrected chi connectivity index (χ1v) is 7.68. The summed E-state index contributed by atoms with van der Waals surface area (Å²) in [5.74, 6) is 0. The van der Waals surface area contributed by atoms with Crippen LogP contribution < -0.4 is 0 Å². The Morgan fingerprint density at radius 1 is 1.38 bits per heavy atom. The van der Waals surface area contributed by atoms with Crippen molar-refractivity contribution in [2.45, 2.75) is 50.0 Å². The van der Waals surface area contributed by atoms with Gasteiger partial charge < -0.3 is 14.9 Å². The molecule has 2 N–H and O–H groups in total. The van der Waals surface area contributed by atoms with Crippen molar-refractivity contribution in [2.75, 3.05) is 19.7 Å². The maximum absolute atomic E-state index is 10.5. The van der Waals surface area contributed by atoms with Gasteiger partial charge in [0.1, 0.15) is 6.10 Å². The molecule has 2 atom stereocenters. The molecule has 5 nitrogen and oxygen atoms in total. The Bertz CT molecular complexity index is 470. The minimum absolute atomic E-state index is 0.495. The lowest BCUT2D eigenvalue weighted by atomic mass is 9.75. The van der Waals surface area contributed by atoms with E-state index in [1.807, 2.05) is 12.3 Å². The third-order valence-corrected chi connectivity index (χ3v) is 4.92. The molecule has 2 saturated heterocycles. The first-order chi connectivity index (χ1) is 10.0. The van der Waals surface area contributed by atoms with Gasteiger partial charge in [-0.15, -0.1) is 0 Å². The van der Waals surface area contributed by atoms with Gasteiger partial charge in [-0.2, -0.15) is 0 Å². The SMILES string of the molecule is C[C@@]1(O)CCOC2(CCN(Cc3cccnc3)CC2)[C@H]1O. The van der Waals surface area contributed by atoms with E-state index in [1.54, 1.807) is 13.1 Å². The van der Waals surface area contributed by atoms with Gasteiger partial charge in [0.2, 0.25) is 0 Å². The molecular formula is C16H24N2O3. The van der Waals surface area contributed by atoms with Crippen molar-refractivity contribution >= 4 is 0 Å². The number of nitrogens with zero attached hydrogens (tertiary/aromatic N) is 2. The Morgan fingerprint density at radius 2 is 2.14 bits per heavy atom. The summed E-state index contributed by atoms with van der Waals surface area (Å²) in [6.07, 6.45) is 4.87. The fraction of sp³-hybridized carbons (Fsp3) is 0.688. The van der Waals surface area contributed by atoms with E-state index in [1.165, 1.54) is 5.56 Å². The van der Waals surface area contributed by atoms with Gasteiger partial charge in [0, 0.05) is 38.4 Å². The first-order valence-electron chi connectivity index (χ1n) is 7.68. The van der Waals surface area contributed by atoms with Gasteiger partial charge in [0.05, 0.1) is 17.8 Å². The van der Waals surface area contributed by atoms with Gasteiger partial charge in [-0.3, -0.25) is 9.88 Å². The lowest BCUT2D eigenvalue weighted by Gasteiger charge is -2.51. The monoisotopic (exact) mass is 292 g/mol. The highest BCUT2D eigenvalue weighted by Crippen LogP contribution is 2.39. The quantitative estimate of drug-likeness (QED) is 0.849.